The van der Waals surface area contributed by atoms with E-state index in [2.05, 4.69) is 36.8 Å². The van der Waals surface area contributed by atoms with Crippen LogP contribution < -0.4 is 9.80 Å². The Kier molecular flexibility index (Phi) is 18.5. The summed E-state index contributed by atoms with van der Waals surface area (Å²) in [5.41, 5.74) is 6.04. The van der Waals surface area contributed by atoms with Crippen LogP contribution in [0.25, 0.3) is 44.6 Å². The number of thioether (sulfide) groups is 2. The molecule has 0 amide bonds. The number of aliphatic carboxylic acids is 2. The van der Waals surface area contributed by atoms with Crippen LogP contribution in [0.15, 0.2) is 84.2 Å². The van der Waals surface area contributed by atoms with Crippen LogP contribution in [0, 0.1) is 46.1 Å². The summed E-state index contributed by atoms with van der Waals surface area (Å²) in [5.74, 6) is -3.79. The minimum absolute atomic E-state index is 0.0259. The van der Waals surface area contributed by atoms with Gasteiger partial charge in [0, 0.05) is 111 Å². The number of fused-ring (bicyclic) bond motifs is 4. The van der Waals surface area contributed by atoms with E-state index in [-0.39, 0.29) is 35.9 Å². The van der Waals surface area contributed by atoms with E-state index < -0.39 is 44.4 Å². The molecule has 0 aliphatic carbocycles. The molecule has 4 aliphatic rings. The van der Waals surface area contributed by atoms with Gasteiger partial charge in [-0.05, 0) is 67.1 Å². The van der Waals surface area contributed by atoms with Crippen molar-refractivity contribution in [2.24, 2.45) is 11.8 Å². The second-order valence-corrected chi connectivity index (χ2v) is 30.3. The van der Waals surface area contributed by atoms with Crippen molar-refractivity contribution in [1.82, 2.24) is 58.6 Å². The molecule has 88 heavy (non-hydrogen) atoms. The molecule has 2 saturated heterocycles. The number of anilines is 2. The molecule has 12 rings (SSSR count). The van der Waals surface area contributed by atoms with Crippen LogP contribution in [-0.2, 0) is 33.9 Å². The van der Waals surface area contributed by atoms with Crippen LogP contribution >= 0.6 is 23.5 Å². The van der Waals surface area contributed by atoms with E-state index >= 15 is 8.78 Å². The van der Waals surface area contributed by atoms with E-state index in [9.17, 15) is 36.9 Å². The minimum atomic E-state index is -5.08. The van der Waals surface area contributed by atoms with Crippen LogP contribution in [0.5, 0.6) is 0 Å². The molecule has 0 saturated carbocycles. The number of aromatic nitrogens is 12. The van der Waals surface area contributed by atoms with Gasteiger partial charge >= 0.3 is 24.3 Å². The summed E-state index contributed by atoms with van der Waals surface area (Å²) < 4.78 is 108. The Balaban J connectivity index is 0.000000548. The first-order chi connectivity index (χ1) is 41.9. The van der Waals surface area contributed by atoms with E-state index in [1.165, 1.54) is 6.33 Å². The van der Waals surface area contributed by atoms with Crippen LogP contribution in [0.3, 0.4) is 0 Å². The van der Waals surface area contributed by atoms with Gasteiger partial charge in [-0.25, -0.2) is 48.3 Å². The standard InChI is InChI=1S/C52H54F2N16OS2Si.2C2HF3O2/c1-74(2,3)19-16-71-31-67-14-7-38-44(57-29-59-47(38)67)37-24-62-70(28-37)46(35-6-13-66(26-35)50-41(54)21-33-10-18-73-52(33)64-50)43(22-56)68-15-8-39-45(58-30-60-48(39)68)36-23-61-69(27-36)42(4-11-55)34-5-12-65(25-34)49-40(53)20-32-9-17-72-51(32)63-49;2*3-2(4,5)1(6)7/h7-8,14-15,20-21,23-24,27-30,34-35,42-43,46H,4-6,9-10,12-13,16-19,25-26,31H2,1-3H3;2*(H,6,7)/t34-,35-,42-,43?,46?;;/m0../s1. The molecule has 8 aromatic rings. The van der Waals surface area contributed by atoms with Gasteiger partial charge in [0.2, 0.25) is 0 Å². The largest absolute Gasteiger partial charge is 0.490 e. The molecular weight excluding hydrogens is 1220 g/mol. The molecule has 32 heteroatoms. The number of nitrogens with zero attached hydrogens (tertiary/aromatic N) is 16. The number of pyridine rings is 2. The molecule has 2 fully saturated rings. The molecule has 2 unspecified atom stereocenters. The molecule has 4 aliphatic heterocycles. The summed E-state index contributed by atoms with van der Waals surface area (Å²) in [5, 5.41) is 48.8. The number of carbonyl (C=O) groups is 2. The van der Waals surface area contributed by atoms with E-state index in [0.717, 1.165) is 85.5 Å². The molecule has 0 radical (unpaired) electrons. The number of aryl methyl sites for hydroxylation is 2. The highest BCUT2D eigenvalue weighted by Gasteiger charge is 2.42. The number of carboxylic acids is 2. The van der Waals surface area contributed by atoms with Crippen molar-refractivity contribution in [3.05, 3.63) is 96.9 Å². The van der Waals surface area contributed by atoms with Crippen LogP contribution in [0.4, 0.5) is 46.8 Å². The van der Waals surface area contributed by atoms with Crippen molar-refractivity contribution in [3.8, 4) is 34.7 Å². The number of hydrogen-bond acceptors (Lipinski definition) is 17. The third-order valence-corrected chi connectivity index (χ3v) is 19.3. The molecule has 12 heterocycles. The van der Waals surface area contributed by atoms with Gasteiger partial charge in [0.1, 0.15) is 46.8 Å². The third kappa shape index (κ3) is 13.7. The van der Waals surface area contributed by atoms with Crippen LogP contribution in [-0.4, -0.2) is 145 Å². The highest BCUT2D eigenvalue weighted by Crippen LogP contribution is 2.43. The van der Waals surface area contributed by atoms with E-state index in [0.29, 0.717) is 74.6 Å². The lowest BCUT2D eigenvalue weighted by Crippen LogP contribution is -2.31. The molecule has 0 spiro atoms. The minimum Gasteiger partial charge on any atom is -0.475 e. The molecule has 462 valence electrons. The second kappa shape index (κ2) is 25.9. The molecule has 0 aromatic carbocycles. The van der Waals surface area contributed by atoms with Gasteiger partial charge in [-0.2, -0.15) is 47.1 Å². The first-order valence-corrected chi connectivity index (χ1v) is 33.4. The number of alkyl halides is 6. The average Bonchev–Trinajstić information content (AvgIpc) is 2.09. The lowest BCUT2D eigenvalue weighted by molar-refractivity contribution is -0.193. The highest BCUT2D eigenvalue weighted by molar-refractivity contribution is 7.99. The van der Waals surface area contributed by atoms with Crippen LogP contribution in [0.2, 0.25) is 25.7 Å². The van der Waals surface area contributed by atoms with Gasteiger partial charge in [-0.3, -0.25) is 9.36 Å². The molecule has 21 nitrogen and oxygen atoms in total. The predicted octanol–water partition coefficient (Wildman–Crippen LogP) is 10.7. The monoisotopic (exact) mass is 1280 g/mol. The topological polar surface area (TPSA) is 261 Å². The van der Waals surface area contributed by atoms with Crippen LogP contribution in [0.1, 0.15) is 48.5 Å². The normalized spacial score (nSPS) is 17.6. The number of rotatable bonds is 16. The maximum absolute atomic E-state index is 15.8. The molecule has 0 bridgehead atoms. The number of halogens is 8. The second-order valence-electron chi connectivity index (χ2n) is 22.5. The van der Waals surface area contributed by atoms with E-state index in [4.69, 9.17) is 59.7 Å². The van der Waals surface area contributed by atoms with E-state index in [1.807, 2.05) is 65.2 Å². The Morgan fingerprint density at radius 3 is 1.81 bits per heavy atom. The van der Waals surface area contributed by atoms with Gasteiger partial charge < -0.3 is 33.9 Å². The van der Waals surface area contributed by atoms with Crippen molar-refractivity contribution < 1.29 is 59.7 Å². The fraction of sp³-hybridized carbons (Fsp3) is 0.429. The Labute approximate surface area is 506 Å². The summed E-state index contributed by atoms with van der Waals surface area (Å²) in [6, 6.07) is 11.6. The zero-order valence-corrected chi connectivity index (χ0v) is 50.0. The smallest absolute Gasteiger partial charge is 0.475 e. The third-order valence-electron chi connectivity index (χ3n) is 15.5. The summed E-state index contributed by atoms with van der Waals surface area (Å²) >= 11 is 3.32. The molecular formula is C56H56F8N16O5S2Si. The summed E-state index contributed by atoms with van der Waals surface area (Å²) in [7, 11) is -1.25. The molecule has 8 aromatic heterocycles. The Bertz CT molecular complexity index is 3950. The first kappa shape index (κ1) is 62.8. The number of carboxylic acid groups (broad SMARTS) is 2. The number of ether oxygens (including phenoxy) is 1. The van der Waals surface area contributed by atoms with Gasteiger partial charge in [0.15, 0.2) is 23.3 Å². The van der Waals surface area contributed by atoms with Gasteiger partial charge in [0.05, 0.1) is 54.4 Å². The highest BCUT2D eigenvalue weighted by atomic mass is 32.2. The van der Waals surface area contributed by atoms with Crippen molar-refractivity contribution in [3.63, 3.8) is 0 Å². The Morgan fingerprint density at radius 1 is 0.750 bits per heavy atom. The van der Waals surface area contributed by atoms with E-state index in [1.54, 1.807) is 54.4 Å². The number of nitriles is 2. The van der Waals surface area contributed by atoms with Gasteiger partial charge in [-0.1, -0.05) is 19.6 Å². The predicted molar refractivity (Wildman–Crippen MR) is 310 cm³/mol. The summed E-state index contributed by atoms with van der Waals surface area (Å²) in [4.78, 5) is 50.3. The Hall–Kier alpha value is -8.20. The zero-order valence-electron chi connectivity index (χ0n) is 47.3. The van der Waals surface area contributed by atoms with Crippen molar-refractivity contribution in [1.29, 1.82) is 10.5 Å². The maximum Gasteiger partial charge on any atom is 0.490 e. The van der Waals surface area contributed by atoms with Gasteiger partial charge in [-0.15, -0.1) is 23.5 Å². The maximum atomic E-state index is 15.8. The van der Waals surface area contributed by atoms with Crippen molar-refractivity contribution >= 4 is 77.2 Å². The van der Waals surface area contributed by atoms with Gasteiger partial charge in [0.25, 0.3) is 0 Å². The first-order valence-electron chi connectivity index (χ1n) is 27.7. The number of hydrogen-bond donors (Lipinski definition) is 2. The fourth-order valence-corrected chi connectivity index (χ4v) is 14.0. The SMILES string of the molecule is C[Si](C)(C)CCOCn1ccc2c(-c3cnn(C(C(C#N)n4ccc5c(-c6cnn([C@@H](CC#N)[C@H]7CCN(c8nc9c(cc8F)CCS9)C7)c6)ncnc54)[C@H]4CCN(c5nc6c(cc5F)CCS6)C4)c3)ncnc21.O=C(O)C(F)(F)F.O=C(O)C(F)(F)F. The average molecular weight is 1280 g/mol. The van der Waals surface area contributed by atoms with Crippen molar-refractivity contribution in [2.75, 3.05) is 54.1 Å². The Morgan fingerprint density at radius 2 is 1.26 bits per heavy atom. The fourth-order valence-electron chi connectivity index (χ4n) is 11.2. The zero-order chi connectivity index (χ0) is 62.8. The summed E-state index contributed by atoms with van der Waals surface area (Å²) in [6.45, 7) is 10.2. The summed E-state index contributed by atoms with van der Waals surface area (Å²) in [6.07, 6.45) is 7.40. The quantitative estimate of drug-likeness (QED) is 0.0517. The molecule has 5 atom stereocenters. The molecule has 2 N–H and O–H groups in total. The van der Waals surface area contributed by atoms with Crippen molar-refractivity contribution in [2.45, 2.75) is 105 Å². The lowest BCUT2D eigenvalue weighted by atomic mass is 9.92. The lowest BCUT2D eigenvalue weighted by Gasteiger charge is -2.29.